The number of ether oxygens (including phenoxy) is 2. The Hall–Kier alpha value is -1.84. The molecule has 0 saturated carbocycles. The summed E-state index contributed by atoms with van der Waals surface area (Å²) in [7, 11) is 0. The van der Waals surface area contributed by atoms with E-state index >= 15 is 0 Å². The number of hydrogen-bond acceptors (Lipinski definition) is 3. The molecule has 0 aromatic heterocycles. The van der Waals surface area contributed by atoms with Gasteiger partial charge in [0.05, 0.1) is 0 Å². The Morgan fingerprint density at radius 2 is 1.75 bits per heavy atom. The standard InChI is InChI=1S/C16H13ClO3/c1-10-2-8-13(9-3-10)19-16(18)15-14(20-15)11-4-6-12(17)7-5-11/h2-9,14-15H,1H3. The molecule has 0 N–H and O–H groups in total. The summed E-state index contributed by atoms with van der Waals surface area (Å²) < 4.78 is 10.7. The molecule has 2 atom stereocenters. The molecular weight excluding hydrogens is 276 g/mol. The zero-order chi connectivity index (χ0) is 14.1. The fourth-order valence-electron chi connectivity index (χ4n) is 1.98. The van der Waals surface area contributed by atoms with Crippen LogP contribution in [-0.2, 0) is 9.53 Å². The second kappa shape index (κ2) is 5.27. The van der Waals surface area contributed by atoms with Gasteiger partial charge in [0, 0.05) is 5.02 Å². The van der Waals surface area contributed by atoms with Gasteiger partial charge in [-0.2, -0.15) is 0 Å². The van der Waals surface area contributed by atoms with Crippen LogP contribution >= 0.6 is 11.6 Å². The maximum absolute atomic E-state index is 11.9. The molecule has 1 aliphatic heterocycles. The van der Waals surface area contributed by atoms with E-state index in [0.29, 0.717) is 10.8 Å². The fourth-order valence-corrected chi connectivity index (χ4v) is 2.10. The smallest absolute Gasteiger partial charge is 0.343 e. The summed E-state index contributed by atoms with van der Waals surface area (Å²) in [6.07, 6.45) is -0.761. The van der Waals surface area contributed by atoms with E-state index < -0.39 is 6.10 Å². The number of aryl methyl sites for hydroxylation is 1. The Morgan fingerprint density at radius 3 is 2.40 bits per heavy atom. The Kier molecular flexibility index (Phi) is 3.47. The van der Waals surface area contributed by atoms with Gasteiger partial charge in [-0.25, -0.2) is 4.79 Å². The van der Waals surface area contributed by atoms with Crippen molar-refractivity contribution in [2.24, 2.45) is 0 Å². The second-order valence-electron chi connectivity index (χ2n) is 4.76. The molecule has 1 aliphatic rings. The molecule has 2 aromatic carbocycles. The molecule has 1 heterocycles. The van der Waals surface area contributed by atoms with Crippen molar-refractivity contribution in [3.8, 4) is 5.75 Å². The first kappa shape index (κ1) is 13.2. The molecule has 3 rings (SSSR count). The van der Waals surface area contributed by atoms with Crippen LogP contribution in [0, 0.1) is 6.92 Å². The van der Waals surface area contributed by atoms with Gasteiger partial charge >= 0.3 is 5.97 Å². The summed E-state index contributed by atoms with van der Waals surface area (Å²) in [4.78, 5) is 11.9. The number of carbonyl (C=O) groups excluding carboxylic acids is 1. The van der Waals surface area contributed by atoms with E-state index in [1.165, 1.54) is 0 Å². The van der Waals surface area contributed by atoms with Crippen LogP contribution in [0.15, 0.2) is 48.5 Å². The Balaban J connectivity index is 1.62. The molecule has 102 valence electrons. The van der Waals surface area contributed by atoms with E-state index in [4.69, 9.17) is 21.1 Å². The van der Waals surface area contributed by atoms with Gasteiger partial charge in [0.2, 0.25) is 0 Å². The van der Waals surface area contributed by atoms with Crippen LogP contribution in [0.2, 0.25) is 5.02 Å². The van der Waals surface area contributed by atoms with Gasteiger partial charge in [-0.3, -0.25) is 0 Å². The van der Waals surface area contributed by atoms with Crippen molar-refractivity contribution in [1.29, 1.82) is 0 Å². The summed E-state index contributed by atoms with van der Waals surface area (Å²) in [5, 5.41) is 0.660. The lowest BCUT2D eigenvalue weighted by atomic mass is 10.1. The SMILES string of the molecule is Cc1ccc(OC(=O)C2OC2c2ccc(Cl)cc2)cc1. The van der Waals surface area contributed by atoms with Crippen molar-refractivity contribution in [2.45, 2.75) is 19.1 Å². The molecule has 0 amide bonds. The van der Waals surface area contributed by atoms with Crippen LogP contribution in [0.3, 0.4) is 0 Å². The van der Waals surface area contributed by atoms with Gasteiger partial charge in [0.25, 0.3) is 0 Å². The number of benzene rings is 2. The van der Waals surface area contributed by atoms with Crippen molar-refractivity contribution in [3.05, 3.63) is 64.7 Å². The molecule has 1 saturated heterocycles. The van der Waals surface area contributed by atoms with Crippen LogP contribution in [0.25, 0.3) is 0 Å². The molecule has 0 radical (unpaired) electrons. The van der Waals surface area contributed by atoms with E-state index in [-0.39, 0.29) is 12.1 Å². The maximum Gasteiger partial charge on any atom is 0.343 e. The predicted molar refractivity (Wildman–Crippen MR) is 75.9 cm³/mol. The number of rotatable bonds is 3. The van der Waals surface area contributed by atoms with E-state index in [1.807, 2.05) is 31.2 Å². The van der Waals surface area contributed by atoms with Gasteiger partial charge < -0.3 is 9.47 Å². The minimum atomic E-state index is -0.530. The Morgan fingerprint density at radius 1 is 1.10 bits per heavy atom. The van der Waals surface area contributed by atoms with Gasteiger partial charge in [0.15, 0.2) is 6.10 Å². The van der Waals surface area contributed by atoms with E-state index in [9.17, 15) is 4.79 Å². The molecular formula is C16H13ClO3. The lowest BCUT2D eigenvalue weighted by Gasteiger charge is -2.02. The van der Waals surface area contributed by atoms with Gasteiger partial charge in [-0.15, -0.1) is 0 Å². The number of hydrogen-bond donors (Lipinski definition) is 0. The van der Waals surface area contributed by atoms with E-state index in [2.05, 4.69) is 0 Å². The third-order valence-corrected chi connectivity index (χ3v) is 3.41. The van der Waals surface area contributed by atoms with Crippen molar-refractivity contribution in [3.63, 3.8) is 0 Å². The highest BCUT2D eigenvalue weighted by Crippen LogP contribution is 2.39. The first-order valence-electron chi connectivity index (χ1n) is 6.33. The summed E-state index contributed by atoms with van der Waals surface area (Å²) in [6, 6.07) is 14.6. The lowest BCUT2D eigenvalue weighted by molar-refractivity contribution is -0.135. The third-order valence-electron chi connectivity index (χ3n) is 3.16. The van der Waals surface area contributed by atoms with Crippen LogP contribution in [0.4, 0.5) is 0 Å². The summed E-state index contributed by atoms with van der Waals surface area (Å²) in [5.41, 5.74) is 2.05. The third kappa shape index (κ3) is 2.84. The number of esters is 1. The molecule has 0 spiro atoms. The first-order valence-corrected chi connectivity index (χ1v) is 6.70. The zero-order valence-corrected chi connectivity index (χ0v) is 11.6. The van der Waals surface area contributed by atoms with Gasteiger partial charge in [-0.1, -0.05) is 41.4 Å². The molecule has 3 nitrogen and oxygen atoms in total. The van der Waals surface area contributed by atoms with Crippen LogP contribution < -0.4 is 4.74 Å². The average Bonchev–Trinajstić information content (AvgIpc) is 3.23. The average molecular weight is 289 g/mol. The normalized spacial score (nSPS) is 20.5. The Labute approximate surface area is 122 Å². The topological polar surface area (TPSA) is 38.8 Å². The highest BCUT2D eigenvalue weighted by Gasteiger charge is 2.47. The number of halogens is 1. The molecule has 1 fully saturated rings. The van der Waals surface area contributed by atoms with Crippen molar-refractivity contribution in [1.82, 2.24) is 0 Å². The van der Waals surface area contributed by atoms with Crippen LogP contribution in [-0.4, -0.2) is 12.1 Å². The zero-order valence-electron chi connectivity index (χ0n) is 10.9. The number of epoxide rings is 1. The summed E-state index contributed by atoms with van der Waals surface area (Å²) >= 11 is 5.82. The van der Waals surface area contributed by atoms with Crippen molar-refractivity contribution < 1.29 is 14.3 Å². The molecule has 2 aromatic rings. The molecule has 0 bridgehead atoms. The van der Waals surface area contributed by atoms with E-state index in [1.54, 1.807) is 24.3 Å². The molecule has 2 unspecified atom stereocenters. The van der Waals surface area contributed by atoms with E-state index in [0.717, 1.165) is 11.1 Å². The second-order valence-corrected chi connectivity index (χ2v) is 5.20. The lowest BCUT2D eigenvalue weighted by Crippen LogP contribution is -2.15. The minimum Gasteiger partial charge on any atom is -0.425 e. The quantitative estimate of drug-likeness (QED) is 0.491. The largest absolute Gasteiger partial charge is 0.425 e. The van der Waals surface area contributed by atoms with Gasteiger partial charge in [-0.05, 0) is 36.8 Å². The fraction of sp³-hybridized carbons (Fsp3) is 0.188. The van der Waals surface area contributed by atoms with Crippen molar-refractivity contribution in [2.75, 3.05) is 0 Å². The summed E-state index contributed by atoms with van der Waals surface area (Å²) in [6.45, 7) is 1.98. The summed E-state index contributed by atoms with van der Waals surface area (Å²) in [5.74, 6) is 0.166. The van der Waals surface area contributed by atoms with Crippen LogP contribution in [0.5, 0.6) is 5.75 Å². The van der Waals surface area contributed by atoms with Crippen molar-refractivity contribution >= 4 is 17.6 Å². The molecule has 0 aliphatic carbocycles. The first-order chi connectivity index (χ1) is 9.63. The van der Waals surface area contributed by atoms with Crippen LogP contribution in [0.1, 0.15) is 17.2 Å². The highest BCUT2D eigenvalue weighted by atomic mass is 35.5. The maximum atomic E-state index is 11.9. The highest BCUT2D eigenvalue weighted by molar-refractivity contribution is 6.30. The Bertz CT molecular complexity index is 619. The monoisotopic (exact) mass is 288 g/mol. The predicted octanol–water partition coefficient (Wildman–Crippen LogP) is 3.69. The molecule has 20 heavy (non-hydrogen) atoms. The minimum absolute atomic E-state index is 0.231. The number of carbonyl (C=O) groups is 1. The molecule has 4 heteroatoms. The van der Waals surface area contributed by atoms with Gasteiger partial charge in [0.1, 0.15) is 11.9 Å².